The number of nitrogens with one attached hydrogen (secondary N) is 1. The number of hydrogen-bond donors (Lipinski definition) is 2. The molecule has 3 rings (SSSR count). The number of pyridine rings is 1. The van der Waals surface area contributed by atoms with E-state index in [9.17, 15) is 18.8 Å². The van der Waals surface area contributed by atoms with Crippen LogP contribution in [0.25, 0.3) is 10.9 Å². The number of aromatic nitrogens is 1. The number of hydrogen-bond acceptors (Lipinski definition) is 3. The average Bonchev–Trinajstić information content (AvgIpc) is 3.27. The SMILES string of the molecule is O=C(O)CN(C(=O)c1cc(=O)[nH]c2cc(F)ccc12)C1CC1. The minimum Gasteiger partial charge on any atom is -0.480 e. The van der Waals surface area contributed by atoms with Crippen molar-refractivity contribution in [3.8, 4) is 0 Å². The molecule has 0 bridgehead atoms. The highest BCUT2D eigenvalue weighted by Crippen LogP contribution is 2.29. The van der Waals surface area contributed by atoms with E-state index in [2.05, 4.69) is 4.98 Å². The second kappa shape index (κ2) is 5.25. The molecule has 6 nitrogen and oxygen atoms in total. The molecule has 1 aliphatic rings. The number of aliphatic carboxylic acids is 1. The van der Waals surface area contributed by atoms with Crippen LogP contribution < -0.4 is 5.56 Å². The maximum absolute atomic E-state index is 13.3. The molecule has 2 N–H and O–H groups in total. The van der Waals surface area contributed by atoms with Gasteiger partial charge in [-0.1, -0.05) is 0 Å². The van der Waals surface area contributed by atoms with Gasteiger partial charge in [0.1, 0.15) is 12.4 Å². The first-order chi connectivity index (χ1) is 10.5. The third kappa shape index (κ3) is 2.69. The van der Waals surface area contributed by atoms with Gasteiger partial charge in [-0.2, -0.15) is 0 Å². The Morgan fingerprint density at radius 3 is 2.68 bits per heavy atom. The van der Waals surface area contributed by atoms with Gasteiger partial charge in [-0.25, -0.2) is 4.39 Å². The summed E-state index contributed by atoms with van der Waals surface area (Å²) >= 11 is 0. The predicted octanol–water partition coefficient (Wildman–Crippen LogP) is 1.36. The van der Waals surface area contributed by atoms with Gasteiger partial charge in [-0.15, -0.1) is 0 Å². The van der Waals surface area contributed by atoms with Gasteiger partial charge in [0.2, 0.25) is 5.56 Å². The third-order valence-corrected chi connectivity index (χ3v) is 3.59. The normalized spacial score (nSPS) is 14.0. The van der Waals surface area contributed by atoms with Gasteiger partial charge in [0, 0.05) is 17.5 Å². The van der Waals surface area contributed by atoms with Crippen LogP contribution in [0.5, 0.6) is 0 Å². The first-order valence-corrected chi connectivity index (χ1v) is 6.81. The smallest absolute Gasteiger partial charge is 0.323 e. The Morgan fingerprint density at radius 2 is 2.05 bits per heavy atom. The lowest BCUT2D eigenvalue weighted by molar-refractivity contribution is -0.137. The fourth-order valence-corrected chi connectivity index (χ4v) is 2.46. The summed E-state index contributed by atoms with van der Waals surface area (Å²) in [5, 5.41) is 9.34. The summed E-state index contributed by atoms with van der Waals surface area (Å²) in [4.78, 5) is 39.0. The van der Waals surface area contributed by atoms with Gasteiger partial charge in [0.25, 0.3) is 5.91 Å². The molecule has 0 aliphatic heterocycles. The second-order valence-corrected chi connectivity index (χ2v) is 5.30. The maximum Gasteiger partial charge on any atom is 0.323 e. The molecular formula is C15H13FN2O4. The van der Waals surface area contributed by atoms with Crippen molar-refractivity contribution in [1.82, 2.24) is 9.88 Å². The van der Waals surface area contributed by atoms with E-state index < -0.39 is 29.8 Å². The van der Waals surface area contributed by atoms with Crippen molar-refractivity contribution in [2.45, 2.75) is 18.9 Å². The topological polar surface area (TPSA) is 90.5 Å². The molecule has 0 spiro atoms. The number of carboxylic acids is 1. The monoisotopic (exact) mass is 304 g/mol. The quantitative estimate of drug-likeness (QED) is 0.892. The van der Waals surface area contributed by atoms with Gasteiger partial charge in [0.05, 0.1) is 11.1 Å². The molecule has 1 aromatic heterocycles. The molecule has 1 aromatic carbocycles. The van der Waals surface area contributed by atoms with Crippen molar-refractivity contribution in [3.63, 3.8) is 0 Å². The summed E-state index contributed by atoms with van der Waals surface area (Å²) in [5.41, 5.74) is -0.235. The molecule has 0 unspecified atom stereocenters. The summed E-state index contributed by atoms with van der Waals surface area (Å²) < 4.78 is 13.3. The summed E-state index contributed by atoms with van der Waals surface area (Å²) in [6.45, 7) is -0.418. The van der Waals surface area contributed by atoms with Gasteiger partial charge < -0.3 is 15.0 Å². The number of nitrogens with zero attached hydrogens (tertiary/aromatic N) is 1. The first kappa shape index (κ1) is 14.2. The van der Waals surface area contributed by atoms with Crippen LogP contribution in [0.1, 0.15) is 23.2 Å². The van der Waals surface area contributed by atoms with E-state index in [1.54, 1.807) is 0 Å². The zero-order valence-electron chi connectivity index (χ0n) is 11.5. The number of amides is 1. The molecule has 0 atom stereocenters. The Bertz CT molecular complexity index is 826. The van der Waals surface area contributed by atoms with Crippen LogP contribution in [0.3, 0.4) is 0 Å². The van der Waals surface area contributed by atoms with Gasteiger partial charge >= 0.3 is 5.97 Å². The molecule has 22 heavy (non-hydrogen) atoms. The van der Waals surface area contributed by atoms with Crippen LogP contribution in [0.15, 0.2) is 29.1 Å². The van der Waals surface area contributed by atoms with Crippen LogP contribution in [0.2, 0.25) is 0 Å². The number of aromatic amines is 1. The molecule has 7 heteroatoms. The summed E-state index contributed by atoms with van der Waals surface area (Å²) in [6.07, 6.45) is 1.49. The standard InChI is InChI=1S/C15H13FN2O4/c16-8-1-4-10-11(6-13(19)17-12(10)5-8)15(22)18(7-14(20)21)9-2-3-9/h1,4-6,9H,2-3,7H2,(H,17,19)(H,20,21). The molecule has 1 amide bonds. The van der Waals surface area contributed by atoms with Gasteiger partial charge in [-0.05, 0) is 31.0 Å². The lowest BCUT2D eigenvalue weighted by Gasteiger charge is -2.20. The number of carbonyl (C=O) groups excluding carboxylic acids is 1. The molecule has 1 fully saturated rings. The molecule has 0 saturated heterocycles. The van der Waals surface area contributed by atoms with Crippen molar-refractivity contribution in [2.24, 2.45) is 0 Å². The van der Waals surface area contributed by atoms with Crippen molar-refractivity contribution in [3.05, 3.63) is 46.0 Å². The number of benzene rings is 1. The van der Waals surface area contributed by atoms with E-state index in [1.165, 1.54) is 17.0 Å². The number of carbonyl (C=O) groups is 2. The molecule has 114 valence electrons. The van der Waals surface area contributed by atoms with E-state index in [4.69, 9.17) is 5.11 Å². The molecule has 1 aliphatic carbocycles. The highest BCUT2D eigenvalue weighted by molar-refractivity contribution is 6.06. The van der Waals surface area contributed by atoms with Crippen LogP contribution in [0.4, 0.5) is 4.39 Å². The first-order valence-electron chi connectivity index (χ1n) is 6.81. The number of halogens is 1. The Balaban J connectivity index is 2.09. The lowest BCUT2D eigenvalue weighted by atomic mass is 10.1. The fourth-order valence-electron chi connectivity index (χ4n) is 2.46. The van der Waals surface area contributed by atoms with E-state index >= 15 is 0 Å². The minimum atomic E-state index is -1.11. The van der Waals surface area contributed by atoms with Crippen LogP contribution in [-0.2, 0) is 4.79 Å². The fraction of sp³-hybridized carbons (Fsp3) is 0.267. The predicted molar refractivity (Wildman–Crippen MR) is 76.2 cm³/mol. The Labute approximate surface area is 124 Å². The molecule has 1 heterocycles. The van der Waals surface area contributed by atoms with E-state index in [0.717, 1.165) is 25.0 Å². The van der Waals surface area contributed by atoms with Crippen molar-refractivity contribution < 1.29 is 19.1 Å². The zero-order valence-corrected chi connectivity index (χ0v) is 11.5. The van der Waals surface area contributed by atoms with Gasteiger partial charge in [-0.3, -0.25) is 14.4 Å². The molecule has 2 aromatic rings. The van der Waals surface area contributed by atoms with Crippen molar-refractivity contribution in [1.29, 1.82) is 0 Å². The summed E-state index contributed by atoms with van der Waals surface area (Å²) in [6, 6.07) is 4.74. The molecular weight excluding hydrogens is 291 g/mol. The van der Waals surface area contributed by atoms with E-state index in [-0.39, 0.29) is 17.1 Å². The molecule has 0 radical (unpaired) electrons. The number of rotatable bonds is 4. The number of carboxylic acid groups (broad SMARTS) is 1. The largest absolute Gasteiger partial charge is 0.480 e. The van der Waals surface area contributed by atoms with Crippen LogP contribution >= 0.6 is 0 Å². The maximum atomic E-state index is 13.3. The Morgan fingerprint density at radius 1 is 1.32 bits per heavy atom. The number of H-pyrrole nitrogens is 1. The van der Waals surface area contributed by atoms with Crippen molar-refractivity contribution in [2.75, 3.05) is 6.54 Å². The van der Waals surface area contributed by atoms with Crippen LogP contribution in [-0.4, -0.2) is 39.5 Å². The average molecular weight is 304 g/mol. The van der Waals surface area contributed by atoms with Crippen LogP contribution in [0, 0.1) is 5.82 Å². The van der Waals surface area contributed by atoms with E-state index in [1.807, 2.05) is 0 Å². The van der Waals surface area contributed by atoms with Crippen molar-refractivity contribution >= 4 is 22.8 Å². The second-order valence-electron chi connectivity index (χ2n) is 5.30. The Kier molecular flexibility index (Phi) is 3.40. The summed E-state index contributed by atoms with van der Waals surface area (Å²) in [7, 11) is 0. The van der Waals surface area contributed by atoms with E-state index in [0.29, 0.717) is 5.39 Å². The van der Waals surface area contributed by atoms with Gasteiger partial charge in [0.15, 0.2) is 0 Å². The number of fused-ring (bicyclic) bond motifs is 1. The molecule has 1 saturated carbocycles. The minimum absolute atomic E-state index is 0.0897. The summed E-state index contributed by atoms with van der Waals surface area (Å²) in [5.74, 6) is -2.16. The third-order valence-electron chi connectivity index (χ3n) is 3.59. The highest BCUT2D eigenvalue weighted by atomic mass is 19.1. The Hall–Kier alpha value is -2.70. The zero-order chi connectivity index (χ0) is 15.9. The highest BCUT2D eigenvalue weighted by Gasteiger charge is 2.35. The lowest BCUT2D eigenvalue weighted by Crippen LogP contribution is -2.38.